The van der Waals surface area contributed by atoms with Gasteiger partial charge >= 0.3 is 5.76 Å². The maximum absolute atomic E-state index is 13.4. The van der Waals surface area contributed by atoms with Crippen LogP contribution in [-0.2, 0) is 0 Å². The third-order valence-corrected chi connectivity index (χ3v) is 4.07. The Balaban J connectivity index is 1.61. The van der Waals surface area contributed by atoms with E-state index in [1.807, 2.05) is 6.92 Å². The van der Waals surface area contributed by atoms with Gasteiger partial charge in [-0.1, -0.05) is 0 Å². The molecule has 0 saturated carbocycles. The van der Waals surface area contributed by atoms with Gasteiger partial charge in [-0.25, -0.2) is 14.2 Å². The summed E-state index contributed by atoms with van der Waals surface area (Å²) in [5.41, 5.74) is 3.89. The lowest BCUT2D eigenvalue weighted by Gasteiger charge is -2.11. The highest BCUT2D eigenvalue weighted by Crippen LogP contribution is 2.23. The van der Waals surface area contributed by atoms with Crippen LogP contribution in [0.15, 0.2) is 51.8 Å². The molecule has 3 N–H and O–H groups in total. The van der Waals surface area contributed by atoms with Gasteiger partial charge in [0.2, 0.25) is 5.95 Å². The Bertz CT molecular complexity index is 1200. The van der Waals surface area contributed by atoms with Gasteiger partial charge in [-0.3, -0.25) is 4.98 Å². The first-order chi connectivity index (χ1) is 13.0. The van der Waals surface area contributed by atoms with Gasteiger partial charge in [0, 0.05) is 23.1 Å². The van der Waals surface area contributed by atoms with Gasteiger partial charge in [-0.15, -0.1) is 0 Å². The largest absolute Gasteiger partial charge is 0.417 e. The van der Waals surface area contributed by atoms with Crippen LogP contribution in [0.5, 0.6) is 0 Å². The highest BCUT2D eigenvalue weighted by molar-refractivity contribution is 5.78. The predicted octanol–water partition coefficient (Wildman–Crippen LogP) is 4.15. The molecule has 136 valence electrons. The van der Waals surface area contributed by atoms with Crippen LogP contribution in [0.25, 0.3) is 11.1 Å². The smallest absolute Gasteiger partial charge is 0.408 e. The van der Waals surface area contributed by atoms with Gasteiger partial charge in [0.1, 0.15) is 11.6 Å². The number of aryl methyl sites for hydroxylation is 2. The van der Waals surface area contributed by atoms with Crippen molar-refractivity contribution in [1.82, 2.24) is 15.0 Å². The molecule has 0 aliphatic rings. The number of halogens is 1. The number of hydrogen-bond acceptors (Lipinski definition) is 6. The Morgan fingerprint density at radius 3 is 2.63 bits per heavy atom. The summed E-state index contributed by atoms with van der Waals surface area (Å²) in [6.45, 7) is 3.58. The Hall–Kier alpha value is -3.68. The van der Waals surface area contributed by atoms with Crippen molar-refractivity contribution in [2.75, 3.05) is 10.6 Å². The molecule has 0 spiro atoms. The SMILES string of the molecule is Cc1cc(Nc2ncc(C)c(Nc3ccc4oc(=O)[nH]c4c3)n2)ccc1F. The lowest BCUT2D eigenvalue weighted by atomic mass is 10.2. The van der Waals surface area contributed by atoms with E-state index in [1.54, 1.807) is 43.5 Å². The second kappa shape index (κ2) is 6.56. The molecule has 4 rings (SSSR count). The summed E-state index contributed by atoms with van der Waals surface area (Å²) in [5, 5.41) is 6.27. The third kappa shape index (κ3) is 3.50. The van der Waals surface area contributed by atoms with E-state index in [-0.39, 0.29) is 5.82 Å². The molecule has 0 fully saturated rings. The van der Waals surface area contributed by atoms with Crippen molar-refractivity contribution < 1.29 is 8.81 Å². The summed E-state index contributed by atoms with van der Waals surface area (Å²) in [6.07, 6.45) is 1.69. The fraction of sp³-hybridized carbons (Fsp3) is 0.105. The second-order valence-electron chi connectivity index (χ2n) is 6.16. The topological polar surface area (TPSA) is 95.8 Å². The standard InChI is InChI=1S/C19H16FN5O2/c1-10-7-12(3-5-14(10)20)23-18-21-9-11(2)17(25-18)22-13-4-6-16-15(8-13)24-19(26)27-16/h3-9H,1-2H3,(H,24,26)(H2,21,22,23,25). The molecule has 7 nitrogen and oxygen atoms in total. The number of nitrogens with zero attached hydrogens (tertiary/aromatic N) is 2. The molecule has 8 heteroatoms. The molecular weight excluding hydrogens is 349 g/mol. The summed E-state index contributed by atoms with van der Waals surface area (Å²) in [7, 11) is 0. The maximum atomic E-state index is 13.4. The number of H-pyrrole nitrogens is 1. The van der Waals surface area contributed by atoms with Crippen molar-refractivity contribution in [3.8, 4) is 0 Å². The number of nitrogens with one attached hydrogen (secondary N) is 3. The first-order valence-corrected chi connectivity index (χ1v) is 8.25. The number of rotatable bonds is 4. The van der Waals surface area contributed by atoms with E-state index < -0.39 is 5.76 Å². The van der Waals surface area contributed by atoms with Crippen molar-refractivity contribution in [2.45, 2.75) is 13.8 Å². The monoisotopic (exact) mass is 365 g/mol. The summed E-state index contributed by atoms with van der Waals surface area (Å²) in [5.74, 6) is 0.227. The number of anilines is 4. The Kier molecular flexibility index (Phi) is 4.08. The fourth-order valence-electron chi connectivity index (χ4n) is 2.65. The minimum Gasteiger partial charge on any atom is -0.408 e. The van der Waals surface area contributed by atoms with E-state index in [9.17, 15) is 9.18 Å². The highest BCUT2D eigenvalue weighted by atomic mass is 19.1. The molecular formula is C19H16FN5O2. The normalized spacial score (nSPS) is 10.9. The summed E-state index contributed by atoms with van der Waals surface area (Å²) in [4.78, 5) is 22.6. The third-order valence-electron chi connectivity index (χ3n) is 4.07. The molecule has 27 heavy (non-hydrogen) atoms. The first kappa shape index (κ1) is 16.8. The highest BCUT2D eigenvalue weighted by Gasteiger charge is 2.08. The molecule has 2 heterocycles. The summed E-state index contributed by atoms with van der Waals surface area (Å²) >= 11 is 0. The zero-order valence-electron chi connectivity index (χ0n) is 14.6. The van der Waals surface area contributed by atoms with Crippen molar-refractivity contribution in [3.63, 3.8) is 0 Å². The quantitative estimate of drug-likeness (QED) is 0.503. The number of aromatic nitrogens is 3. The van der Waals surface area contributed by atoms with Crippen molar-refractivity contribution in [1.29, 1.82) is 0 Å². The molecule has 4 aromatic rings. The molecule has 0 radical (unpaired) electrons. The van der Waals surface area contributed by atoms with E-state index in [0.717, 1.165) is 11.3 Å². The fourth-order valence-corrected chi connectivity index (χ4v) is 2.65. The maximum Gasteiger partial charge on any atom is 0.417 e. The lowest BCUT2D eigenvalue weighted by molar-refractivity contribution is 0.555. The van der Waals surface area contributed by atoms with E-state index in [1.165, 1.54) is 6.07 Å². The first-order valence-electron chi connectivity index (χ1n) is 8.25. The molecule has 0 unspecified atom stereocenters. The number of benzene rings is 2. The van der Waals surface area contributed by atoms with Crippen LogP contribution in [0.4, 0.5) is 27.5 Å². The van der Waals surface area contributed by atoms with Gasteiger partial charge < -0.3 is 15.1 Å². The number of aromatic amines is 1. The molecule has 2 aromatic heterocycles. The van der Waals surface area contributed by atoms with Crippen molar-refractivity contribution >= 4 is 34.2 Å². The summed E-state index contributed by atoms with van der Waals surface area (Å²) in [6, 6.07) is 9.96. The zero-order chi connectivity index (χ0) is 19.0. The Labute approximate surface area is 153 Å². The Morgan fingerprint density at radius 1 is 1.04 bits per heavy atom. The number of hydrogen-bond donors (Lipinski definition) is 3. The van der Waals surface area contributed by atoms with Gasteiger partial charge in [0.15, 0.2) is 5.58 Å². The zero-order valence-corrected chi connectivity index (χ0v) is 14.6. The van der Waals surface area contributed by atoms with Crippen LogP contribution in [0, 0.1) is 19.7 Å². The van der Waals surface area contributed by atoms with Crippen molar-refractivity contribution in [3.05, 3.63) is 70.1 Å². The average molecular weight is 365 g/mol. The van der Waals surface area contributed by atoms with Gasteiger partial charge in [0.05, 0.1) is 5.52 Å². The lowest BCUT2D eigenvalue weighted by Crippen LogP contribution is -2.03. The van der Waals surface area contributed by atoms with Gasteiger partial charge in [0.25, 0.3) is 0 Å². The second-order valence-corrected chi connectivity index (χ2v) is 6.16. The molecule has 0 aliphatic carbocycles. The minimum atomic E-state index is -0.499. The van der Waals surface area contributed by atoms with Crippen LogP contribution in [0.3, 0.4) is 0 Å². The van der Waals surface area contributed by atoms with E-state index in [2.05, 4.69) is 25.6 Å². The van der Waals surface area contributed by atoms with Crippen LogP contribution in [-0.4, -0.2) is 15.0 Å². The van der Waals surface area contributed by atoms with Gasteiger partial charge in [-0.2, -0.15) is 4.98 Å². The van der Waals surface area contributed by atoms with E-state index in [0.29, 0.717) is 34.1 Å². The van der Waals surface area contributed by atoms with E-state index >= 15 is 0 Å². The molecule has 0 atom stereocenters. The van der Waals surface area contributed by atoms with Crippen LogP contribution in [0.1, 0.15) is 11.1 Å². The van der Waals surface area contributed by atoms with E-state index in [4.69, 9.17) is 4.42 Å². The molecule has 0 bridgehead atoms. The van der Waals surface area contributed by atoms with Crippen molar-refractivity contribution in [2.24, 2.45) is 0 Å². The average Bonchev–Trinajstić information content (AvgIpc) is 3.00. The minimum absolute atomic E-state index is 0.264. The number of fused-ring (bicyclic) bond motifs is 1. The van der Waals surface area contributed by atoms with Crippen LogP contribution >= 0.6 is 0 Å². The number of oxazole rings is 1. The Morgan fingerprint density at radius 2 is 1.81 bits per heavy atom. The van der Waals surface area contributed by atoms with Crippen LogP contribution < -0.4 is 16.4 Å². The summed E-state index contributed by atoms with van der Waals surface area (Å²) < 4.78 is 18.4. The molecule has 2 aromatic carbocycles. The predicted molar refractivity (Wildman–Crippen MR) is 101 cm³/mol. The molecule has 0 aliphatic heterocycles. The molecule has 0 saturated heterocycles. The van der Waals surface area contributed by atoms with Gasteiger partial charge in [-0.05, 0) is 55.8 Å². The molecule has 0 amide bonds. The van der Waals surface area contributed by atoms with Crippen LogP contribution in [0.2, 0.25) is 0 Å².